The van der Waals surface area contributed by atoms with E-state index in [4.69, 9.17) is 21.1 Å². The maximum atomic E-state index is 13.7. The van der Waals surface area contributed by atoms with Crippen molar-refractivity contribution in [3.05, 3.63) is 87.7 Å². The summed E-state index contributed by atoms with van der Waals surface area (Å²) in [6.07, 6.45) is 9.22. The number of alkyl halides is 1. The van der Waals surface area contributed by atoms with Crippen molar-refractivity contribution in [3.63, 3.8) is 0 Å². The van der Waals surface area contributed by atoms with Gasteiger partial charge >= 0.3 is 0 Å². The number of H-pyrrole nitrogens is 1. The molecule has 3 aliphatic carbocycles. The lowest BCUT2D eigenvalue weighted by Gasteiger charge is -2.40. The van der Waals surface area contributed by atoms with Crippen LogP contribution < -0.4 is 19.7 Å². The lowest BCUT2D eigenvalue weighted by atomic mass is 9.70. The predicted octanol–water partition coefficient (Wildman–Crippen LogP) is 7.96. The molecule has 4 heterocycles. The molecule has 5 atom stereocenters. The van der Waals surface area contributed by atoms with E-state index in [0.717, 1.165) is 81.5 Å². The van der Waals surface area contributed by atoms with Gasteiger partial charge in [-0.2, -0.15) is 4.72 Å². The molecule has 0 spiro atoms. The van der Waals surface area contributed by atoms with Crippen LogP contribution in [0.25, 0.3) is 11.0 Å². The number of hydrogen-bond donors (Lipinski definition) is 4. The molecular formula is C45H56ClN7O7S. The van der Waals surface area contributed by atoms with Crippen molar-refractivity contribution in [2.24, 2.45) is 29.1 Å². The van der Waals surface area contributed by atoms with E-state index in [2.05, 4.69) is 43.7 Å². The highest BCUT2D eigenvalue weighted by atomic mass is 35.5. The van der Waals surface area contributed by atoms with Crippen LogP contribution in [0.2, 0.25) is 0 Å². The van der Waals surface area contributed by atoms with Crippen molar-refractivity contribution < 1.29 is 27.9 Å². The molecular weight excluding hydrogens is 818 g/mol. The first kappa shape index (κ1) is 42.1. The SMILES string of the molecule is CC1(C)CCC(CN2CCN(c3ccc(C(O)NS(=O)(=O)c4ccc(NCC5CCOCC5)c([N+](=O)[O-])c4)c(Oc4cnc5[nH]ccc5c4)c3)CC2)=C([C@@H]2C[C@H](Cl)C3CC32)C1. The second kappa shape index (κ2) is 17.1. The van der Waals surface area contributed by atoms with Gasteiger partial charge in [0, 0.05) is 92.8 Å². The molecule has 3 unspecified atom stereocenters. The Morgan fingerprint density at radius 2 is 1.89 bits per heavy atom. The fourth-order valence-corrected chi connectivity index (χ4v) is 11.6. The van der Waals surface area contributed by atoms with Crippen molar-refractivity contribution >= 4 is 49.7 Å². The third-order valence-electron chi connectivity index (χ3n) is 13.7. The number of fused-ring (bicyclic) bond motifs is 2. The molecule has 61 heavy (non-hydrogen) atoms. The standard InChI is InChI=1S/C45H56ClN7O7S/c1-45(2)11-7-30(38(24-45)36-23-39(46)37-22-35(36)37)27-51-13-15-52(16-14-51)31-3-5-34(42(20-31)60-32-19-29-8-12-47-43(29)49-26-32)44(54)50-61(57,58)33-4-6-40(41(21-33)53(55)56)48-25-28-9-17-59-18-10-28/h3-6,8,12,19-21,26,28,35-37,39,44,48,50,54H,7,9-11,13-18,22-25,27H2,1-2H3,(H,47,49)/t35?,36-,37?,39+,44?/m1/s1. The first-order valence-electron chi connectivity index (χ1n) is 21.7. The van der Waals surface area contributed by atoms with Gasteiger partial charge in [0.1, 0.15) is 29.1 Å². The fraction of sp³-hybridized carbons (Fsp3) is 0.533. The van der Waals surface area contributed by atoms with Crippen LogP contribution in [0.15, 0.2) is 77.0 Å². The molecule has 2 aliphatic heterocycles. The molecule has 9 rings (SSSR count). The number of allylic oxidation sites excluding steroid dienone is 1. The number of ether oxygens (including phenoxy) is 2. The molecule has 2 saturated carbocycles. The number of aromatic amines is 1. The smallest absolute Gasteiger partial charge is 0.293 e. The van der Waals surface area contributed by atoms with Gasteiger partial charge in [-0.3, -0.25) is 15.0 Å². The van der Waals surface area contributed by atoms with Crippen LogP contribution in [0.4, 0.5) is 17.1 Å². The normalized spacial score (nSPS) is 25.1. The molecule has 0 bridgehead atoms. The number of sulfonamides is 1. The Bertz CT molecular complexity index is 2410. The lowest BCUT2D eigenvalue weighted by Crippen LogP contribution is -2.47. The maximum absolute atomic E-state index is 13.7. The van der Waals surface area contributed by atoms with E-state index < -0.39 is 21.2 Å². The maximum Gasteiger partial charge on any atom is 0.293 e. The Balaban J connectivity index is 0.919. The van der Waals surface area contributed by atoms with Gasteiger partial charge in [0.25, 0.3) is 5.69 Å². The number of rotatable bonds is 14. The van der Waals surface area contributed by atoms with Crippen LogP contribution >= 0.6 is 11.6 Å². The minimum absolute atomic E-state index is 0.174. The number of aliphatic hydroxyl groups is 1. The number of hydrogen-bond acceptors (Lipinski definition) is 11. The molecule has 5 aliphatic rings. The van der Waals surface area contributed by atoms with Gasteiger partial charge in [-0.05, 0) is 110 Å². The molecule has 14 nitrogen and oxygen atoms in total. The van der Waals surface area contributed by atoms with Crippen LogP contribution in [0.1, 0.15) is 70.6 Å². The fourth-order valence-electron chi connectivity index (χ4n) is 10.1. The highest BCUT2D eigenvalue weighted by Gasteiger charge is 2.55. The second-order valence-corrected chi connectivity index (χ2v) is 20.7. The Morgan fingerprint density at radius 1 is 1.08 bits per heavy atom. The molecule has 16 heteroatoms. The highest BCUT2D eigenvalue weighted by molar-refractivity contribution is 7.89. The van der Waals surface area contributed by atoms with Crippen molar-refractivity contribution in [2.75, 3.05) is 62.7 Å². The zero-order valence-electron chi connectivity index (χ0n) is 34.8. The molecule has 4 aromatic rings. The van der Waals surface area contributed by atoms with Crippen molar-refractivity contribution in [2.45, 2.75) is 75.3 Å². The first-order chi connectivity index (χ1) is 29.3. The van der Waals surface area contributed by atoms with E-state index in [9.17, 15) is 23.6 Å². The van der Waals surface area contributed by atoms with Gasteiger partial charge < -0.3 is 29.8 Å². The Morgan fingerprint density at radius 3 is 2.62 bits per heavy atom. The van der Waals surface area contributed by atoms with Gasteiger partial charge in [0.15, 0.2) is 0 Å². The summed E-state index contributed by atoms with van der Waals surface area (Å²) in [5, 5.41) is 27.9. The molecule has 0 amide bonds. The van der Waals surface area contributed by atoms with E-state index in [1.165, 1.54) is 31.4 Å². The van der Waals surface area contributed by atoms with Crippen molar-refractivity contribution in [1.29, 1.82) is 0 Å². The summed E-state index contributed by atoms with van der Waals surface area (Å²) < 4.78 is 41.6. The Labute approximate surface area is 362 Å². The molecule has 326 valence electrons. The Kier molecular flexibility index (Phi) is 11.8. The average Bonchev–Trinajstić information content (AvgIpc) is 3.79. The number of nitrogens with zero attached hydrogens (tertiary/aromatic N) is 4. The van der Waals surface area contributed by atoms with Crippen molar-refractivity contribution in [1.82, 2.24) is 19.6 Å². The topological polar surface area (TPSA) is 175 Å². The zero-order valence-corrected chi connectivity index (χ0v) is 36.4. The molecule has 2 saturated heterocycles. The molecule has 0 radical (unpaired) electrons. The molecule has 2 aromatic carbocycles. The molecule has 2 aromatic heterocycles. The number of aliphatic hydroxyl groups excluding tert-OH is 1. The minimum atomic E-state index is -4.44. The van der Waals surface area contributed by atoms with Gasteiger partial charge in [-0.15, -0.1) is 11.6 Å². The zero-order chi connectivity index (χ0) is 42.5. The Hall–Kier alpha value is -4.25. The third-order valence-corrected chi connectivity index (χ3v) is 15.6. The summed E-state index contributed by atoms with van der Waals surface area (Å²) in [5.74, 6) is 3.07. The molecule has 4 N–H and O–H groups in total. The van der Waals surface area contributed by atoms with Gasteiger partial charge in [0.05, 0.1) is 16.0 Å². The summed E-state index contributed by atoms with van der Waals surface area (Å²) in [6.45, 7) is 10.9. The van der Waals surface area contributed by atoms with Gasteiger partial charge in [0.2, 0.25) is 10.0 Å². The number of nitro groups is 1. The summed E-state index contributed by atoms with van der Waals surface area (Å²) in [4.78, 5) is 23.5. The number of pyridine rings is 1. The van der Waals surface area contributed by atoms with Crippen LogP contribution in [0.5, 0.6) is 11.5 Å². The predicted molar refractivity (Wildman–Crippen MR) is 236 cm³/mol. The number of halogens is 1. The average molecular weight is 875 g/mol. The van der Waals surface area contributed by atoms with E-state index in [0.29, 0.717) is 59.7 Å². The molecule has 4 fully saturated rings. The van der Waals surface area contributed by atoms with Gasteiger partial charge in [-0.25, -0.2) is 13.4 Å². The second-order valence-electron chi connectivity index (χ2n) is 18.5. The van der Waals surface area contributed by atoms with Crippen molar-refractivity contribution in [3.8, 4) is 11.5 Å². The summed E-state index contributed by atoms with van der Waals surface area (Å²) in [7, 11) is -4.44. The van der Waals surface area contributed by atoms with Crippen LogP contribution in [0, 0.1) is 39.2 Å². The summed E-state index contributed by atoms with van der Waals surface area (Å²) in [6, 6.07) is 12.7. The van der Waals surface area contributed by atoms with Crippen LogP contribution in [-0.4, -0.2) is 91.2 Å². The van der Waals surface area contributed by atoms with E-state index in [1.54, 1.807) is 29.6 Å². The number of anilines is 2. The minimum Gasteiger partial charge on any atom is -0.455 e. The van der Waals surface area contributed by atoms with Gasteiger partial charge in [-0.1, -0.05) is 25.0 Å². The summed E-state index contributed by atoms with van der Waals surface area (Å²) >= 11 is 6.79. The summed E-state index contributed by atoms with van der Waals surface area (Å²) in [5.41, 5.74) is 5.24. The largest absolute Gasteiger partial charge is 0.455 e. The third kappa shape index (κ3) is 9.28. The van der Waals surface area contributed by atoms with E-state index in [-0.39, 0.29) is 27.6 Å². The number of piperazine rings is 1. The van der Waals surface area contributed by atoms with E-state index in [1.807, 2.05) is 24.3 Å². The quantitative estimate of drug-likeness (QED) is 0.0318. The highest BCUT2D eigenvalue weighted by Crippen LogP contribution is 2.61. The van der Waals surface area contributed by atoms with Crippen LogP contribution in [-0.2, 0) is 14.8 Å². The monoisotopic (exact) mass is 873 g/mol. The number of aromatic nitrogens is 2. The lowest BCUT2D eigenvalue weighted by molar-refractivity contribution is -0.384. The number of nitrogens with one attached hydrogen (secondary N) is 3. The van der Waals surface area contributed by atoms with E-state index >= 15 is 0 Å². The van der Waals surface area contributed by atoms with Crippen LogP contribution in [0.3, 0.4) is 0 Å². The first-order valence-corrected chi connectivity index (χ1v) is 23.6. The number of nitro benzene ring substituents is 1. The number of benzene rings is 2.